The summed E-state index contributed by atoms with van der Waals surface area (Å²) in [7, 11) is 1.54. The second-order valence-electron chi connectivity index (χ2n) is 5.19. The van der Waals surface area contributed by atoms with Crippen molar-refractivity contribution in [3.8, 4) is 11.5 Å². The predicted molar refractivity (Wildman–Crippen MR) is 76.2 cm³/mol. The second kappa shape index (κ2) is 7.28. The minimum absolute atomic E-state index is 0.0642. The molecule has 1 saturated carbocycles. The first-order valence-electron chi connectivity index (χ1n) is 6.98. The topological polar surface area (TPSA) is 88.0 Å². The molecule has 2 rings (SSSR count). The van der Waals surface area contributed by atoms with Gasteiger partial charge in [0.1, 0.15) is 0 Å². The van der Waals surface area contributed by atoms with Crippen molar-refractivity contribution >= 4 is 5.91 Å². The lowest BCUT2D eigenvalue weighted by Crippen LogP contribution is -2.36. The van der Waals surface area contributed by atoms with E-state index in [1.54, 1.807) is 18.2 Å². The Hall–Kier alpha value is -1.79. The van der Waals surface area contributed by atoms with Crippen LogP contribution in [-0.2, 0) is 4.79 Å². The summed E-state index contributed by atoms with van der Waals surface area (Å²) in [6, 6.07) is 6.99. The van der Waals surface area contributed by atoms with Crippen LogP contribution < -0.4 is 14.8 Å². The number of aliphatic hydroxyl groups excluding tert-OH is 2. The maximum atomic E-state index is 11.9. The molecule has 0 radical (unpaired) electrons. The highest BCUT2D eigenvalue weighted by molar-refractivity contribution is 5.78. The Bertz CT molecular complexity index is 479. The van der Waals surface area contributed by atoms with Crippen molar-refractivity contribution in [1.29, 1.82) is 0 Å². The molecule has 0 bridgehead atoms. The van der Waals surface area contributed by atoms with E-state index in [4.69, 9.17) is 14.6 Å². The third kappa shape index (κ3) is 4.09. The number of nitrogens with one attached hydrogen (secondary N) is 1. The van der Waals surface area contributed by atoms with Gasteiger partial charge in [-0.1, -0.05) is 12.1 Å². The maximum Gasteiger partial charge on any atom is 0.258 e. The minimum Gasteiger partial charge on any atom is -0.493 e. The van der Waals surface area contributed by atoms with Crippen LogP contribution in [0.1, 0.15) is 12.8 Å². The molecule has 0 heterocycles. The van der Waals surface area contributed by atoms with Gasteiger partial charge in [0.15, 0.2) is 18.1 Å². The summed E-state index contributed by atoms with van der Waals surface area (Å²) in [5.41, 5.74) is 0. The van der Waals surface area contributed by atoms with Gasteiger partial charge in [-0.05, 0) is 25.0 Å². The lowest BCUT2D eigenvalue weighted by atomic mass is 10.1. The minimum atomic E-state index is -0.560. The molecule has 116 valence electrons. The molecule has 0 unspecified atom stereocenters. The zero-order valence-corrected chi connectivity index (χ0v) is 12.0. The number of para-hydroxylation sites is 2. The fourth-order valence-corrected chi connectivity index (χ4v) is 2.57. The number of carbonyl (C=O) groups is 1. The van der Waals surface area contributed by atoms with E-state index < -0.39 is 6.10 Å². The van der Waals surface area contributed by atoms with Crippen molar-refractivity contribution in [1.82, 2.24) is 5.32 Å². The van der Waals surface area contributed by atoms with Crippen LogP contribution in [0.25, 0.3) is 0 Å². The first-order chi connectivity index (χ1) is 10.1. The molecule has 0 spiro atoms. The molecule has 6 heteroatoms. The van der Waals surface area contributed by atoms with E-state index in [9.17, 15) is 9.90 Å². The molecule has 0 aromatic heterocycles. The van der Waals surface area contributed by atoms with Gasteiger partial charge in [0, 0.05) is 18.6 Å². The van der Waals surface area contributed by atoms with E-state index in [0.717, 1.165) is 0 Å². The molecular weight excluding hydrogens is 274 g/mol. The number of carbonyl (C=O) groups excluding carboxylic acids is 1. The summed E-state index contributed by atoms with van der Waals surface area (Å²) < 4.78 is 10.6. The lowest BCUT2D eigenvalue weighted by Gasteiger charge is -2.14. The number of rotatable bonds is 6. The molecule has 6 nitrogen and oxygen atoms in total. The van der Waals surface area contributed by atoms with Gasteiger partial charge in [0.25, 0.3) is 5.91 Å². The van der Waals surface area contributed by atoms with Gasteiger partial charge >= 0.3 is 0 Å². The van der Waals surface area contributed by atoms with E-state index in [-0.39, 0.29) is 31.1 Å². The summed E-state index contributed by atoms with van der Waals surface area (Å²) >= 11 is 0. The van der Waals surface area contributed by atoms with E-state index >= 15 is 0 Å². The Morgan fingerprint density at radius 1 is 1.33 bits per heavy atom. The van der Waals surface area contributed by atoms with Crippen molar-refractivity contribution in [2.45, 2.75) is 25.0 Å². The largest absolute Gasteiger partial charge is 0.493 e. The van der Waals surface area contributed by atoms with Crippen molar-refractivity contribution < 1.29 is 24.5 Å². The Morgan fingerprint density at radius 3 is 2.67 bits per heavy atom. The number of methoxy groups -OCH3 is 1. The summed E-state index contributed by atoms with van der Waals surface area (Å²) in [5.74, 6) is 0.666. The van der Waals surface area contributed by atoms with Gasteiger partial charge in [-0.3, -0.25) is 4.79 Å². The SMILES string of the molecule is COc1ccccc1OCC(=O)N[C@H]1C[C@@H](CO)[C@@H](O)C1. The fraction of sp³-hybridized carbons (Fsp3) is 0.533. The number of benzene rings is 1. The molecule has 1 fully saturated rings. The molecule has 1 aliphatic carbocycles. The molecule has 1 aromatic carbocycles. The van der Waals surface area contributed by atoms with Crippen LogP contribution in [0.4, 0.5) is 0 Å². The number of amides is 1. The zero-order chi connectivity index (χ0) is 15.2. The van der Waals surface area contributed by atoms with E-state index in [1.807, 2.05) is 6.07 Å². The number of ether oxygens (including phenoxy) is 2. The number of hydrogen-bond donors (Lipinski definition) is 3. The molecule has 21 heavy (non-hydrogen) atoms. The highest BCUT2D eigenvalue weighted by atomic mass is 16.5. The summed E-state index contributed by atoms with van der Waals surface area (Å²) in [5, 5.41) is 21.6. The first kappa shape index (κ1) is 15.6. The average Bonchev–Trinajstić information content (AvgIpc) is 2.85. The Morgan fingerprint density at radius 2 is 2.05 bits per heavy atom. The quantitative estimate of drug-likeness (QED) is 0.703. The van der Waals surface area contributed by atoms with Crippen molar-refractivity contribution in [3.63, 3.8) is 0 Å². The fourth-order valence-electron chi connectivity index (χ4n) is 2.57. The van der Waals surface area contributed by atoms with Gasteiger partial charge in [0.05, 0.1) is 13.2 Å². The highest BCUT2D eigenvalue weighted by Gasteiger charge is 2.33. The molecule has 3 atom stereocenters. The van der Waals surface area contributed by atoms with Crippen LogP contribution >= 0.6 is 0 Å². The molecule has 3 N–H and O–H groups in total. The van der Waals surface area contributed by atoms with Crippen LogP contribution in [0.3, 0.4) is 0 Å². The van der Waals surface area contributed by atoms with E-state index in [2.05, 4.69) is 5.32 Å². The van der Waals surface area contributed by atoms with E-state index in [1.165, 1.54) is 7.11 Å². The monoisotopic (exact) mass is 295 g/mol. The zero-order valence-electron chi connectivity index (χ0n) is 12.0. The van der Waals surface area contributed by atoms with Crippen molar-refractivity contribution in [2.24, 2.45) is 5.92 Å². The average molecular weight is 295 g/mol. The van der Waals surface area contributed by atoms with Gasteiger partial charge in [0.2, 0.25) is 0 Å². The molecular formula is C15H21NO5. The van der Waals surface area contributed by atoms with Gasteiger partial charge in [-0.2, -0.15) is 0 Å². The van der Waals surface area contributed by atoms with Crippen molar-refractivity contribution in [3.05, 3.63) is 24.3 Å². The first-order valence-corrected chi connectivity index (χ1v) is 6.98. The number of aliphatic hydroxyl groups is 2. The Kier molecular flexibility index (Phi) is 5.41. The normalized spacial score (nSPS) is 24.6. The van der Waals surface area contributed by atoms with Gasteiger partial charge < -0.3 is 25.0 Å². The van der Waals surface area contributed by atoms with Crippen LogP contribution in [0.5, 0.6) is 11.5 Å². The third-order valence-electron chi connectivity index (χ3n) is 3.68. The molecule has 1 aliphatic rings. The Balaban J connectivity index is 1.80. The molecule has 1 aromatic rings. The van der Waals surface area contributed by atoms with Crippen LogP contribution in [0.15, 0.2) is 24.3 Å². The summed E-state index contributed by atoms with van der Waals surface area (Å²) in [4.78, 5) is 11.9. The summed E-state index contributed by atoms with van der Waals surface area (Å²) in [6.07, 6.45) is 0.486. The van der Waals surface area contributed by atoms with Gasteiger partial charge in [-0.15, -0.1) is 0 Å². The molecule has 0 saturated heterocycles. The summed E-state index contributed by atoms with van der Waals surface area (Å²) in [6.45, 7) is -0.179. The predicted octanol–water partition coefficient (Wildman–Crippen LogP) is 0.322. The van der Waals surface area contributed by atoms with Crippen LogP contribution in [0, 0.1) is 5.92 Å². The molecule has 0 aliphatic heterocycles. The second-order valence-corrected chi connectivity index (χ2v) is 5.19. The number of hydrogen-bond acceptors (Lipinski definition) is 5. The van der Waals surface area contributed by atoms with E-state index in [0.29, 0.717) is 24.3 Å². The smallest absolute Gasteiger partial charge is 0.258 e. The molecule has 1 amide bonds. The van der Waals surface area contributed by atoms with Crippen molar-refractivity contribution in [2.75, 3.05) is 20.3 Å². The highest BCUT2D eigenvalue weighted by Crippen LogP contribution is 2.27. The van der Waals surface area contributed by atoms with Gasteiger partial charge in [-0.25, -0.2) is 0 Å². The lowest BCUT2D eigenvalue weighted by molar-refractivity contribution is -0.123. The third-order valence-corrected chi connectivity index (χ3v) is 3.68. The maximum absolute atomic E-state index is 11.9. The standard InChI is InChI=1S/C15H21NO5/c1-20-13-4-2-3-5-14(13)21-9-15(19)16-11-6-10(8-17)12(18)7-11/h2-5,10-12,17-18H,6-9H2,1H3,(H,16,19)/t10-,11-,12-/m0/s1. The Labute approximate surface area is 123 Å². The van der Waals surface area contributed by atoms with Crippen LogP contribution in [-0.4, -0.2) is 48.6 Å². The van der Waals surface area contributed by atoms with Crippen LogP contribution in [0.2, 0.25) is 0 Å².